The summed E-state index contributed by atoms with van der Waals surface area (Å²) in [6.45, 7) is 3.40. The molecule has 1 aliphatic rings. The third-order valence-corrected chi connectivity index (χ3v) is 8.05. The standard InChI is InChI=1S/C37H35N5O2/c1-28-12-15-33(38-25-28)16-19-36(43)41(26-30-13-17-34(18-14-30)42-22-7-21-39-42)35(24-29-8-3-2-4-9-29)37(44)40-23-20-31-10-5-6-11-32(31)27-40/h2-19,21-22,25,35H,20,23-24,26-27H2,1H3/t35-/m0/s1. The summed E-state index contributed by atoms with van der Waals surface area (Å²) in [5, 5.41) is 4.32. The predicted octanol–water partition coefficient (Wildman–Crippen LogP) is 5.81. The Balaban J connectivity index is 1.34. The van der Waals surface area contributed by atoms with Gasteiger partial charge in [-0.2, -0.15) is 5.10 Å². The average molecular weight is 582 g/mol. The van der Waals surface area contributed by atoms with E-state index in [1.54, 1.807) is 28.1 Å². The summed E-state index contributed by atoms with van der Waals surface area (Å²) in [6.07, 6.45) is 9.86. The van der Waals surface area contributed by atoms with Gasteiger partial charge in [-0.15, -0.1) is 0 Å². The van der Waals surface area contributed by atoms with E-state index in [0.29, 0.717) is 25.2 Å². The Morgan fingerprint density at radius 1 is 0.886 bits per heavy atom. The first-order valence-corrected chi connectivity index (χ1v) is 14.9. The van der Waals surface area contributed by atoms with Crippen LogP contribution in [-0.2, 0) is 35.5 Å². The second-order valence-electron chi connectivity index (χ2n) is 11.2. The molecule has 0 radical (unpaired) electrons. The Morgan fingerprint density at radius 2 is 1.66 bits per heavy atom. The van der Waals surface area contributed by atoms with E-state index < -0.39 is 6.04 Å². The quantitative estimate of drug-likeness (QED) is 0.206. The lowest BCUT2D eigenvalue weighted by Gasteiger charge is -2.37. The number of carbonyl (C=O) groups excluding carboxylic acids is 2. The molecule has 0 bridgehead atoms. The average Bonchev–Trinajstić information content (AvgIpc) is 3.61. The number of carbonyl (C=O) groups is 2. The van der Waals surface area contributed by atoms with Gasteiger partial charge in [-0.05, 0) is 71.5 Å². The number of rotatable bonds is 9. The molecule has 0 spiro atoms. The van der Waals surface area contributed by atoms with Gasteiger partial charge in [0.1, 0.15) is 6.04 Å². The maximum atomic E-state index is 14.5. The minimum Gasteiger partial charge on any atom is -0.336 e. The van der Waals surface area contributed by atoms with Crippen LogP contribution in [-0.4, -0.2) is 49.0 Å². The number of fused-ring (bicyclic) bond motifs is 1. The first kappa shape index (κ1) is 28.8. The summed E-state index contributed by atoms with van der Waals surface area (Å²) in [5.41, 5.74) is 7.00. The normalized spacial score (nSPS) is 13.4. The zero-order chi connectivity index (χ0) is 30.3. The van der Waals surface area contributed by atoms with Crippen molar-refractivity contribution >= 4 is 17.9 Å². The highest BCUT2D eigenvalue weighted by atomic mass is 16.2. The fourth-order valence-corrected chi connectivity index (χ4v) is 5.61. The van der Waals surface area contributed by atoms with Gasteiger partial charge in [0.2, 0.25) is 11.8 Å². The van der Waals surface area contributed by atoms with Crippen LogP contribution < -0.4 is 0 Å². The van der Waals surface area contributed by atoms with Gasteiger partial charge in [0.15, 0.2) is 0 Å². The predicted molar refractivity (Wildman–Crippen MR) is 172 cm³/mol. The third kappa shape index (κ3) is 6.84. The van der Waals surface area contributed by atoms with Gasteiger partial charge in [0.25, 0.3) is 0 Å². The summed E-state index contributed by atoms with van der Waals surface area (Å²) in [5.74, 6) is -0.290. The molecule has 5 aromatic rings. The van der Waals surface area contributed by atoms with E-state index in [-0.39, 0.29) is 18.4 Å². The molecule has 1 atom stereocenters. The zero-order valence-corrected chi connectivity index (χ0v) is 24.8. The Labute approximate surface area is 258 Å². The molecule has 0 saturated carbocycles. The topological polar surface area (TPSA) is 71.3 Å². The first-order chi connectivity index (χ1) is 21.5. The van der Waals surface area contributed by atoms with Gasteiger partial charge in [0, 0.05) is 50.7 Å². The molecule has 0 aliphatic carbocycles. The van der Waals surface area contributed by atoms with Gasteiger partial charge in [-0.1, -0.05) is 72.8 Å². The van der Waals surface area contributed by atoms with Crippen molar-refractivity contribution in [1.82, 2.24) is 24.6 Å². The van der Waals surface area contributed by atoms with Gasteiger partial charge < -0.3 is 9.80 Å². The summed E-state index contributed by atoms with van der Waals surface area (Å²) >= 11 is 0. The number of amides is 2. The van der Waals surface area contributed by atoms with E-state index in [4.69, 9.17) is 0 Å². The van der Waals surface area contributed by atoms with Crippen molar-refractivity contribution in [3.05, 3.63) is 155 Å². The molecule has 3 heterocycles. The lowest BCUT2D eigenvalue weighted by Crippen LogP contribution is -2.52. The first-order valence-electron chi connectivity index (χ1n) is 14.9. The summed E-state index contributed by atoms with van der Waals surface area (Å²) < 4.78 is 1.79. The summed E-state index contributed by atoms with van der Waals surface area (Å²) in [4.78, 5) is 36.6. The second-order valence-corrected chi connectivity index (χ2v) is 11.2. The maximum Gasteiger partial charge on any atom is 0.247 e. The second kappa shape index (κ2) is 13.3. The van der Waals surface area contributed by atoms with Gasteiger partial charge in [0.05, 0.1) is 11.4 Å². The highest BCUT2D eigenvalue weighted by Gasteiger charge is 2.34. The van der Waals surface area contributed by atoms with E-state index in [9.17, 15) is 9.59 Å². The lowest BCUT2D eigenvalue weighted by atomic mass is 9.97. The minimum absolute atomic E-state index is 0.0493. The maximum absolute atomic E-state index is 14.5. The number of aryl methyl sites for hydroxylation is 1. The Kier molecular flexibility index (Phi) is 8.73. The molecular formula is C37H35N5O2. The molecule has 0 N–H and O–H groups in total. The Hall–Kier alpha value is -5.30. The van der Waals surface area contributed by atoms with Crippen molar-refractivity contribution in [2.24, 2.45) is 0 Å². The molecule has 2 aromatic heterocycles. The van der Waals surface area contributed by atoms with Crippen LogP contribution in [0, 0.1) is 6.92 Å². The fourth-order valence-electron chi connectivity index (χ4n) is 5.61. The molecule has 0 fully saturated rings. The molecular weight excluding hydrogens is 546 g/mol. The van der Waals surface area contributed by atoms with E-state index in [1.807, 2.05) is 103 Å². The van der Waals surface area contributed by atoms with E-state index in [2.05, 4.69) is 22.2 Å². The van der Waals surface area contributed by atoms with Crippen LogP contribution in [0.1, 0.15) is 33.5 Å². The fraction of sp³-hybridized carbons (Fsp3) is 0.189. The highest BCUT2D eigenvalue weighted by molar-refractivity contribution is 5.95. The van der Waals surface area contributed by atoms with E-state index in [0.717, 1.165) is 34.4 Å². The largest absolute Gasteiger partial charge is 0.336 e. The molecule has 0 unspecified atom stereocenters. The van der Waals surface area contributed by atoms with Crippen LogP contribution in [0.2, 0.25) is 0 Å². The third-order valence-electron chi connectivity index (χ3n) is 8.05. The lowest BCUT2D eigenvalue weighted by molar-refractivity contribution is -0.144. The number of benzene rings is 3. The van der Waals surface area contributed by atoms with Crippen molar-refractivity contribution in [3.8, 4) is 5.69 Å². The van der Waals surface area contributed by atoms with Crippen LogP contribution >= 0.6 is 0 Å². The van der Waals surface area contributed by atoms with Crippen LogP contribution in [0.15, 0.2) is 122 Å². The van der Waals surface area contributed by atoms with Crippen LogP contribution in [0.4, 0.5) is 0 Å². The number of nitrogens with zero attached hydrogens (tertiary/aromatic N) is 5. The molecule has 220 valence electrons. The Bertz CT molecular complexity index is 1730. The van der Waals surface area contributed by atoms with E-state index >= 15 is 0 Å². The van der Waals surface area contributed by atoms with Crippen molar-refractivity contribution in [1.29, 1.82) is 0 Å². The number of aromatic nitrogens is 3. The number of hydrogen-bond donors (Lipinski definition) is 0. The number of hydrogen-bond acceptors (Lipinski definition) is 4. The monoisotopic (exact) mass is 581 g/mol. The van der Waals surface area contributed by atoms with E-state index in [1.165, 1.54) is 11.6 Å². The molecule has 6 rings (SSSR count). The molecule has 2 amide bonds. The van der Waals surface area contributed by atoms with Gasteiger partial charge in [-0.25, -0.2) is 4.68 Å². The minimum atomic E-state index is -0.698. The highest BCUT2D eigenvalue weighted by Crippen LogP contribution is 2.23. The summed E-state index contributed by atoms with van der Waals surface area (Å²) in [6, 6.07) is 31.2. The molecule has 7 heteroatoms. The van der Waals surface area contributed by atoms with Crippen LogP contribution in [0.5, 0.6) is 0 Å². The smallest absolute Gasteiger partial charge is 0.247 e. The SMILES string of the molecule is Cc1ccc(C=CC(=O)N(Cc2ccc(-n3cccn3)cc2)[C@@H](Cc2ccccc2)C(=O)N2CCc3ccccc3C2)nc1. The van der Waals surface area contributed by atoms with Crippen molar-refractivity contribution in [2.45, 2.75) is 38.9 Å². The van der Waals surface area contributed by atoms with Crippen LogP contribution in [0.25, 0.3) is 11.8 Å². The summed E-state index contributed by atoms with van der Waals surface area (Å²) in [7, 11) is 0. The van der Waals surface area contributed by atoms with Crippen molar-refractivity contribution in [3.63, 3.8) is 0 Å². The number of pyridine rings is 1. The molecule has 7 nitrogen and oxygen atoms in total. The van der Waals surface area contributed by atoms with Gasteiger partial charge in [-0.3, -0.25) is 14.6 Å². The zero-order valence-electron chi connectivity index (χ0n) is 24.8. The van der Waals surface area contributed by atoms with Crippen molar-refractivity contribution in [2.75, 3.05) is 6.54 Å². The van der Waals surface area contributed by atoms with Crippen LogP contribution in [0.3, 0.4) is 0 Å². The molecule has 1 aliphatic heterocycles. The van der Waals surface area contributed by atoms with Gasteiger partial charge >= 0.3 is 0 Å². The Morgan fingerprint density at radius 3 is 2.39 bits per heavy atom. The molecule has 3 aromatic carbocycles. The van der Waals surface area contributed by atoms with Crippen molar-refractivity contribution < 1.29 is 9.59 Å². The molecule has 0 saturated heterocycles. The molecule has 44 heavy (non-hydrogen) atoms.